The molecule has 7 heteroatoms. The molecule has 2 bridgehead atoms. The predicted octanol–water partition coefficient (Wildman–Crippen LogP) is 4.90. The van der Waals surface area contributed by atoms with Crippen LogP contribution >= 0.6 is 0 Å². The third kappa shape index (κ3) is 4.83. The Balaban J connectivity index is 1.47. The Morgan fingerprint density at radius 1 is 1.06 bits per heavy atom. The first kappa shape index (κ1) is 21.6. The number of fused-ring (bicyclic) bond motifs is 3. The molecule has 0 radical (unpaired) electrons. The number of hydrogen-bond donors (Lipinski definition) is 1. The number of carboxylic acid groups (broad SMARTS) is 1. The number of carbonyl (C=O) groups is 1. The number of aliphatic carboxylic acids is 1. The van der Waals surface area contributed by atoms with Gasteiger partial charge in [-0.1, -0.05) is 0 Å². The van der Waals surface area contributed by atoms with Crippen LogP contribution < -0.4 is 9.47 Å². The molecule has 1 saturated carbocycles. The van der Waals surface area contributed by atoms with E-state index in [2.05, 4.69) is 0 Å². The molecule has 2 heterocycles. The van der Waals surface area contributed by atoms with Crippen LogP contribution in [-0.4, -0.2) is 38.0 Å². The fourth-order valence-corrected chi connectivity index (χ4v) is 4.56. The van der Waals surface area contributed by atoms with Crippen LogP contribution in [0.1, 0.15) is 37.7 Å². The second-order valence-corrected chi connectivity index (χ2v) is 8.43. The molecule has 2 aliphatic heterocycles. The van der Waals surface area contributed by atoms with E-state index in [1.54, 1.807) is 25.3 Å². The molecule has 0 amide bonds. The van der Waals surface area contributed by atoms with Crippen molar-refractivity contribution in [2.45, 2.75) is 37.7 Å². The van der Waals surface area contributed by atoms with E-state index in [4.69, 9.17) is 24.1 Å². The first-order valence-corrected chi connectivity index (χ1v) is 10.5. The van der Waals surface area contributed by atoms with E-state index in [0.717, 1.165) is 37.7 Å². The van der Waals surface area contributed by atoms with Gasteiger partial charge in [0.05, 0.1) is 19.3 Å². The number of rotatable bonds is 9. The summed E-state index contributed by atoms with van der Waals surface area (Å²) < 4.78 is 36.3. The summed E-state index contributed by atoms with van der Waals surface area (Å²) in [6.07, 6.45) is 4.53. The molecule has 1 aliphatic carbocycles. The SMILES string of the molecule is COc1cc(Oc2ccc(F)cc2)cc(C23CCC(CCOCC(=O)O)(CC2)CO3)c1. The maximum Gasteiger partial charge on any atom is 0.329 e. The summed E-state index contributed by atoms with van der Waals surface area (Å²) >= 11 is 0. The quantitative estimate of drug-likeness (QED) is 0.570. The summed E-state index contributed by atoms with van der Waals surface area (Å²) in [6.45, 7) is 0.786. The Bertz CT molecular complexity index is 902. The molecule has 0 aromatic heterocycles. The molecule has 1 N–H and O–H groups in total. The fraction of sp³-hybridized carbons (Fsp3) is 0.458. The molecule has 2 saturated heterocycles. The topological polar surface area (TPSA) is 74.2 Å². The van der Waals surface area contributed by atoms with E-state index in [1.165, 1.54) is 12.1 Å². The molecular formula is C24H27FO6. The lowest BCUT2D eigenvalue weighted by atomic mass is 9.63. The highest BCUT2D eigenvalue weighted by atomic mass is 19.1. The van der Waals surface area contributed by atoms with Gasteiger partial charge in [0.1, 0.15) is 29.7 Å². The van der Waals surface area contributed by atoms with E-state index in [1.807, 2.05) is 12.1 Å². The number of hydrogen-bond acceptors (Lipinski definition) is 5. The number of methoxy groups -OCH3 is 1. The molecule has 0 atom stereocenters. The van der Waals surface area contributed by atoms with E-state index in [-0.39, 0.29) is 23.4 Å². The lowest BCUT2D eigenvalue weighted by Gasteiger charge is -2.53. The standard InChI is InChI=1S/C24H27FO6/c1-28-20-12-17(13-21(14-20)31-19-4-2-18(25)3-5-19)24-8-6-23(7-9-24,16-30-24)10-11-29-15-22(26)27/h2-5,12-14H,6-11,15-16H2,1H3,(H,26,27). The van der Waals surface area contributed by atoms with Crippen LogP contribution in [0.4, 0.5) is 4.39 Å². The third-order valence-electron chi connectivity index (χ3n) is 6.47. The number of halogens is 1. The summed E-state index contributed by atoms with van der Waals surface area (Å²) in [5.41, 5.74) is 0.672. The van der Waals surface area contributed by atoms with Crippen molar-refractivity contribution in [3.8, 4) is 17.2 Å². The van der Waals surface area contributed by atoms with Crippen molar-refractivity contribution in [2.24, 2.45) is 5.41 Å². The van der Waals surface area contributed by atoms with Gasteiger partial charge in [0.2, 0.25) is 0 Å². The lowest BCUT2D eigenvalue weighted by molar-refractivity contribution is -0.194. The van der Waals surface area contributed by atoms with Crippen LogP contribution in [0.15, 0.2) is 42.5 Å². The third-order valence-corrected chi connectivity index (χ3v) is 6.47. The summed E-state index contributed by atoms with van der Waals surface area (Å²) in [5, 5.41) is 8.72. The van der Waals surface area contributed by atoms with Gasteiger partial charge in [-0.2, -0.15) is 0 Å². The Kier molecular flexibility index (Phi) is 6.16. The maximum atomic E-state index is 13.2. The normalized spacial score (nSPS) is 24.7. The van der Waals surface area contributed by atoms with Crippen LogP contribution in [0.25, 0.3) is 0 Å². The predicted molar refractivity (Wildman–Crippen MR) is 111 cm³/mol. The van der Waals surface area contributed by atoms with Crippen LogP contribution in [-0.2, 0) is 19.9 Å². The second kappa shape index (κ2) is 8.85. The molecule has 166 valence electrons. The Morgan fingerprint density at radius 3 is 2.39 bits per heavy atom. The number of carboxylic acids is 1. The average Bonchev–Trinajstić information content (AvgIpc) is 2.79. The molecular weight excluding hydrogens is 403 g/mol. The molecule has 31 heavy (non-hydrogen) atoms. The van der Waals surface area contributed by atoms with Gasteiger partial charge in [-0.3, -0.25) is 0 Å². The zero-order chi connectivity index (χ0) is 21.9. The van der Waals surface area contributed by atoms with Gasteiger partial charge in [-0.15, -0.1) is 0 Å². The van der Waals surface area contributed by atoms with Gasteiger partial charge in [-0.05, 0) is 79.5 Å². The maximum absolute atomic E-state index is 13.2. The summed E-state index contributed by atoms with van der Waals surface area (Å²) in [6, 6.07) is 11.7. The second-order valence-electron chi connectivity index (χ2n) is 8.43. The zero-order valence-electron chi connectivity index (χ0n) is 17.6. The largest absolute Gasteiger partial charge is 0.497 e. The highest BCUT2D eigenvalue weighted by Gasteiger charge is 2.50. The van der Waals surface area contributed by atoms with Crippen molar-refractivity contribution in [3.05, 3.63) is 53.8 Å². The first-order valence-electron chi connectivity index (χ1n) is 10.5. The lowest BCUT2D eigenvalue weighted by Crippen LogP contribution is -2.49. The van der Waals surface area contributed by atoms with Crippen molar-refractivity contribution in [3.63, 3.8) is 0 Å². The van der Waals surface area contributed by atoms with Gasteiger partial charge in [0.15, 0.2) is 0 Å². The van der Waals surface area contributed by atoms with Crippen molar-refractivity contribution < 1.29 is 33.2 Å². The number of ether oxygens (including phenoxy) is 4. The smallest absolute Gasteiger partial charge is 0.329 e. The summed E-state index contributed by atoms with van der Waals surface area (Å²) in [7, 11) is 1.61. The molecule has 3 aliphatic rings. The molecule has 2 aromatic rings. The monoisotopic (exact) mass is 430 g/mol. The van der Waals surface area contributed by atoms with Crippen LogP contribution in [0.2, 0.25) is 0 Å². The highest BCUT2D eigenvalue weighted by Crippen LogP contribution is 2.55. The van der Waals surface area contributed by atoms with Gasteiger partial charge < -0.3 is 24.1 Å². The van der Waals surface area contributed by atoms with Crippen molar-refractivity contribution in [1.29, 1.82) is 0 Å². The van der Waals surface area contributed by atoms with Gasteiger partial charge in [-0.25, -0.2) is 9.18 Å². The van der Waals surface area contributed by atoms with Gasteiger partial charge >= 0.3 is 5.97 Å². The Labute approximate surface area is 180 Å². The minimum absolute atomic E-state index is 0.0482. The first-order chi connectivity index (χ1) is 14.9. The van der Waals surface area contributed by atoms with Crippen LogP contribution in [0.5, 0.6) is 17.2 Å². The number of benzene rings is 2. The Hall–Kier alpha value is -2.64. The van der Waals surface area contributed by atoms with Crippen LogP contribution in [0, 0.1) is 11.2 Å². The molecule has 0 spiro atoms. The average molecular weight is 430 g/mol. The van der Waals surface area contributed by atoms with E-state index >= 15 is 0 Å². The molecule has 5 rings (SSSR count). The fourth-order valence-electron chi connectivity index (χ4n) is 4.56. The highest BCUT2D eigenvalue weighted by molar-refractivity contribution is 5.67. The zero-order valence-corrected chi connectivity index (χ0v) is 17.6. The molecule has 0 unspecified atom stereocenters. The van der Waals surface area contributed by atoms with E-state index in [0.29, 0.717) is 30.5 Å². The van der Waals surface area contributed by atoms with Crippen molar-refractivity contribution >= 4 is 5.97 Å². The Morgan fingerprint density at radius 2 is 1.77 bits per heavy atom. The summed E-state index contributed by atoms with van der Waals surface area (Å²) in [4.78, 5) is 10.6. The van der Waals surface area contributed by atoms with Gasteiger partial charge in [0.25, 0.3) is 0 Å². The van der Waals surface area contributed by atoms with Crippen molar-refractivity contribution in [2.75, 3.05) is 26.9 Å². The molecule has 3 fully saturated rings. The molecule has 2 aromatic carbocycles. The van der Waals surface area contributed by atoms with E-state index in [9.17, 15) is 9.18 Å². The minimum atomic E-state index is -0.947. The van der Waals surface area contributed by atoms with Crippen LogP contribution in [0.3, 0.4) is 0 Å². The minimum Gasteiger partial charge on any atom is -0.497 e. The summed E-state index contributed by atoms with van der Waals surface area (Å²) in [5.74, 6) is 0.580. The van der Waals surface area contributed by atoms with Gasteiger partial charge in [0, 0.05) is 12.7 Å². The van der Waals surface area contributed by atoms with E-state index < -0.39 is 5.97 Å². The van der Waals surface area contributed by atoms with Crippen molar-refractivity contribution in [1.82, 2.24) is 0 Å². The molecule has 6 nitrogen and oxygen atoms in total.